The third-order valence-corrected chi connectivity index (χ3v) is 3.12. The van der Waals surface area contributed by atoms with E-state index in [0.717, 1.165) is 6.54 Å². The summed E-state index contributed by atoms with van der Waals surface area (Å²) < 4.78 is 0. The molecular weight excluding hydrogens is 186 g/mol. The van der Waals surface area contributed by atoms with Crippen LogP contribution in [0.3, 0.4) is 0 Å². The van der Waals surface area contributed by atoms with E-state index in [-0.39, 0.29) is 17.9 Å². The molecule has 1 atom stereocenters. The smallest absolute Gasteiger partial charge is 0.0517 e. The van der Waals surface area contributed by atoms with E-state index in [1.165, 1.54) is 16.8 Å². The van der Waals surface area contributed by atoms with Gasteiger partial charge in [0.2, 0.25) is 0 Å². The average Bonchev–Trinajstić information content (AvgIpc) is 2.57. The molecule has 0 saturated heterocycles. The molecule has 1 heterocycles. The molecule has 1 aromatic rings. The van der Waals surface area contributed by atoms with Gasteiger partial charge >= 0.3 is 0 Å². The van der Waals surface area contributed by atoms with Crippen LogP contribution in [0.25, 0.3) is 0 Å². The summed E-state index contributed by atoms with van der Waals surface area (Å²) in [6.07, 6.45) is 0. The quantitative estimate of drug-likeness (QED) is 0.738. The van der Waals surface area contributed by atoms with Crippen LogP contribution in [-0.4, -0.2) is 18.3 Å². The summed E-state index contributed by atoms with van der Waals surface area (Å²) >= 11 is 0. The molecule has 2 heteroatoms. The van der Waals surface area contributed by atoms with E-state index in [0.29, 0.717) is 0 Å². The van der Waals surface area contributed by atoms with Gasteiger partial charge in [0.15, 0.2) is 0 Å². The van der Waals surface area contributed by atoms with Crippen LogP contribution in [0, 0.1) is 0 Å². The van der Waals surface area contributed by atoms with Crippen LogP contribution in [0.4, 0.5) is 5.69 Å². The Kier molecular flexibility index (Phi) is 2.47. The first-order valence-corrected chi connectivity index (χ1v) is 5.51. The number of anilines is 1. The second-order valence-corrected chi connectivity index (χ2v) is 5.31. The standard InChI is InChI=1S/C13H19NO/c1-13(2,3)10-4-5-12-11(6-10)9(8-15)7-14-12/h4-6,9,14-15H,7-8H2,1-3H3/t9-/m1/s1. The minimum Gasteiger partial charge on any atom is -0.396 e. The molecule has 1 aliphatic rings. The van der Waals surface area contributed by atoms with Crippen molar-refractivity contribution in [2.75, 3.05) is 18.5 Å². The van der Waals surface area contributed by atoms with Gasteiger partial charge in [0.1, 0.15) is 0 Å². The van der Waals surface area contributed by atoms with Crippen molar-refractivity contribution < 1.29 is 5.11 Å². The maximum absolute atomic E-state index is 9.27. The highest BCUT2D eigenvalue weighted by Crippen LogP contribution is 2.34. The monoisotopic (exact) mass is 205 g/mol. The molecule has 1 aromatic carbocycles. The zero-order chi connectivity index (χ0) is 11.1. The van der Waals surface area contributed by atoms with E-state index < -0.39 is 0 Å². The lowest BCUT2D eigenvalue weighted by Crippen LogP contribution is -2.12. The number of aliphatic hydroxyl groups is 1. The molecule has 0 amide bonds. The van der Waals surface area contributed by atoms with Crippen molar-refractivity contribution in [1.29, 1.82) is 0 Å². The second-order valence-electron chi connectivity index (χ2n) is 5.31. The largest absolute Gasteiger partial charge is 0.396 e. The first kappa shape index (κ1) is 10.5. The average molecular weight is 205 g/mol. The summed E-state index contributed by atoms with van der Waals surface area (Å²) in [6, 6.07) is 6.54. The number of rotatable bonds is 1. The van der Waals surface area contributed by atoms with Gasteiger partial charge in [-0.2, -0.15) is 0 Å². The summed E-state index contributed by atoms with van der Waals surface area (Å²) in [6.45, 7) is 7.73. The molecular formula is C13H19NO. The molecule has 15 heavy (non-hydrogen) atoms. The van der Waals surface area contributed by atoms with Gasteiger partial charge in [-0.15, -0.1) is 0 Å². The predicted molar refractivity (Wildman–Crippen MR) is 63.5 cm³/mol. The summed E-state index contributed by atoms with van der Waals surface area (Å²) in [5, 5.41) is 12.6. The zero-order valence-corrected chi connectivity index (χ0v) is 9.67. The fourth-order valence-electron chi connectivity index (χ4n) is 2.03. The van der Waals surface area contributed by atoms with Crippen molar-refractivity contribution in [3.05, 3.63) is 29.3 Å². The lowest BCUT2D eigenvalue weighted by atomic mass is 9.85. The lowest BCUT2D eigenvalue weighted by Gasteiger charge is -2.20. The molecule has 0 aliphatic carbocycles. The summed E-state index contributed by atoms with van der Waals surface area (Å²) in [4.78, 5) is 0. The molecule has 0 saturated carbocycles. The summed E-state index contributed by atoms with van der Waals surface area (Å²) in [5.74, 6) is 0.266. The Bertz CT molecular complexity index is 365. The van der Waals surface area contributed by atoms with Crippen LogP contribution >= 0.6 is 0 Å². The number of aliphatic hydroxyl groups excluding tert-OH is 1. The van der Waals surface area contributed by atoms with Crippen molar-refractivity contribution in [1.82, 2.24) is 0 Å². The molecule has 0 fully saturated rings. The van der Waals surface area contributed by atoms with Crippen molar-refractivity contribution >= 4 is 5.69 Å². The zero-order valence-electron chi connectivity index (χ0n) is 9.67. The molecule has 0 spiro atoms. The fourth-order valence-corrected chi connectivity index (χ4v) is 2.03. The molecule has 2 rings (SSSR count). The minimum absolute atomic E-state index is 0.178. The van der Waals surface area contributed by atoms with Gasteiger partial charge in [-0.1, -0.05) is 32.9 Å². The van der Waals surface area contributed by atoms with Crippen molar-refractivity contribution in [2.24, 2.45) is 0 Å². The molecule has 82 valence electrons. The maximum atomic E-state index is 9.27. The van der Waals surface area contributed by atoms with Gasteiger partial charge < -0.3 is 10.4 Å². The number of fused-ring (bicyclic) bond motifs is 1. The van der Waals surface area contributed by atoms with Gasteiger partial charge in [-0.3, -0.25) is 0 Å². The Morgan fingerprint density at radius 2 is 2.13 bits per heavy atom. The summed E-state index contributed by atoms with van der Waals surface area (Å²) in [5.41, 5.74) is 3.97. The third kappa shape index (κ3) is 1.86. The van der Waals surface area contributed by atoms with Crippen LogP contribution in [-0.2, 0) is 5.41 Å². The molecule has 1 aliphatic heterocycles. The van der Waals surface area contributed by atoms with Crippen molar-refractivity contribution in [3.8, 4) is 0 Å². The predicted octanol–water partition coefficient (Wildman–Crippen LogP) is 2.49. The molecule has 2 nitrogen and oxygen atoms in total. The summed E-state index contributed by atoms with van der Waals surface area (Å²) in [7, 11) is 0. The topological polar surface area (TPSA) is 32.3 Å². The lowest BCUT2D eigenvalue weighted by molar-refractivity contribution is 0.273. The highest BCUT2D eigenvalue weighted by atomic mass is 16.3. The Hall–Kier alpha value is -1.02. The van der Waals surface area contributed by atoms with E-state index in [4.69, 9.17) is 0 Å². The van der Waals surface area contributed by atoms with Gasteiger partial charge in [0.05, 0.1) is 6.61 Å². The fraction of sp³-hybridized carbons (Fsp3) is 0.538. The van der Waals surface area contributed by atoms with Crippen molar-refractivity contribution in [3.63, 3.8) is 0 Å². The van der Waals surface area contributed by atoms with Crippen LogP contribution < -0.4 is 5.32 Å². The Labute approximate surface area is 91.3 Å². The Morgan fingerprint density at radius 1 is 1.40 bits per heavy atom. The van der Waals surface area contributed by atoms with E-state index >= 15 is 0 Å². The number of hydrogen-bond donors (Lipinski definition) is 2. The second kappa shape index (κ2) is 3.53. The normalized spacial score (nSPS) is 19.9. The highest BCUT2D eigenvalue weighted by Gasteiger charge is 2.23. The van der Waals surface area contributed by atoms with Gasteiger partial charge in [0, 0.05) is 18.2 Å². The van der Waals surface area contributed by atoms with Crippen molar-refractivity contribution in [2.45, 2.75) is 32.1 Å². The Morgan fingerprint density at radius 3 is 2.73 bits per heavy atom. The molecule has 0 unspecified atom stereocenters. The van der Waals surface area contributed by atoms with E-state index in [1.807, 2.05) is 0 Å². The van der Waals surface area contributed by atoms with Crippen LogP contribution in [0.1, 0.15) is 37.8 Å². The van der Waals surface area contributed by atoms with Crippen LogP contribution in [0.5, 0.6) is 0 Å². The first-order chi connectivity index (χ1) is 7.02. The maximum Gasteiger partial charge on any atom is 0.0517 e. The SMILES string of the molecule is CC(C)(C)c1ccc2c(c1)[C@@H](CO)CN2. The molecule has 0 radical (unpaired) electrons. The van der Waals surface area contributed by atoms with E-state index in [1.54, 1.807) is 0 Å². The van der Waals surface area contributed by atoms with E-state index in [2.05, 4.69) is 44.3 Å². The molecule has 2 N–H and O–H groups in total. The van der Waals surface area contributed by atoms with E-state index in [9.17, 15) is 5.11 Å². The minimum atomic E-state index is 0.178. The number of benzene rings is 1. The van der Waals surface area contributed by atoms with Gasteiger partial charge in [-0.25, -0.2) is 0 Å². The first-order valence-electron chi connectivity index (χ1n) is 5.51. The number of hydrogen-bond acceptors (Lipinski definition) is 2. The van der Waals surface area contributed by atoms with Gasteiger partial charge in [0.25, 0.3) is 0 Å². The van der Waals surface area contributed by atoms with Crippen LogP contribution in [0.2, 0.25) is 0 Å². The third-order valence-electron chi connectivity index (χ3n) is 3.12. The molecule has 0 bridgehead atoms. The van der Waals surface area contributed by atoms with Crippen LogP contribution in [0.15, 0.2) is 18.2 Å². The highest BCUT2D eigenvalue weighted by molar-refractivity contribution is 5.59. The van der Waals surface area contributed by atoms with Gasteiger partial charge in [-0.05, 0) is 22.6 Å². The Balaban J connectivity index is 2.41. The number of nitrogens with one attached hydrogen (secondary N) is 1. The molecule has 0 aromatic heterocycles.